The second kappa shape index (κ2) is 10.5. The molecule has 1 amide bonds. The molecule has 2 rings (SSSR count). The van der Waals surface area contributed by atoms with Crippen molar-refractivity contribution in [3.63, 3.8) is 0 Å². The van der Waals surface area contributed by atoms with Crippen molar-refractivity contribution in [1.82, 2.24) is 9.62 Å². The lowest BCUT2D eigenvalue weighted by Crippen LogP contribution is -2.37. The van der Waals surface area contributed by atoms with Crippen LogP contribution in [0, 0.1) is 0 Å². The number of piperidine rings is 1. The molecule has 27 heavy (non-hydrogen) atoms. The lowest BCUT2D eigenvalue weighted by Gasteiger charge is -2.25. The van der Waals surface area contributed by atoms with E-state index in [1.807, 2.05) is 12.1 Å². The maximum atomic E-state index is 12.3. The highest BCUT2D eigenvalue weighted by Gasteiger charge is 2.23. The van der Waals surface area contributed by atoms with Crippen LogP contribution in [0.1, 0.15) is 44.1 Å². The van der Waals surface area contributed by atoms with Gasteiger partial charge in [-0.05, 0) is 43.4 Å². The van der Waals surface area contributed by atoms with E-state index in [0.717, 1.165) is 24.8 Å². The summed E-state index contributed by atoms with van der Waals surface area (Å²) in [6, 6.07) is 5.49. The Hall–Kier alpha value is -1.80. The first-order valence-corrected chi connectivity index (χ1v) is 11.0. The van der Waals surface area contributed by atoms with Gasteiger partial charge in [0, 0.05) is 26.1 Å². The predicted molar refractivity (Wildman–Crippen MR) is 104 cm³/mol. The van der Waals surface area contributed by atoms with Crippen molar-refractivity contribution >= 4 is 15.9 Å². The molecule has 0 bridgehead atoms. The molecule has 0 atom stereocenters. The molecular formula is C19H30N2O5S. The number of benzene rings is 1. The highest BCUT2D eigenvalue weighted by molar-refractivity contribution is 7.89. The van der Waals surface area contributed by atoms with Crippen molar-refractivity contribution in [1.29, 1.82) is 0 Å². The molecule has 1 fully saturated rings. The van der Waals surface area contributed by atoms with Crippen LogP contribution in [0.5, 0.6) is 11.5 Å². The molecule has 0 saturated carbocycles. The van der Waals surface area contributed by atoms with E-state index in [1.54, 1.807) is 24.6 Å². The molecule has 7 nitrogen and oxygen atoms in total. The van der Waals surface area contributed by atoms with Crippen molar-refractivity contribution < 1.29 is 22.7 Å². The summed E-state index contributed by atoms with van der Waals surface area (Å²) < 4.78 is 36.5. The number of unbranched alkanes of at least 4 members (excludes halogenated alkanes) is 1. The quantitative estimate of drug-likeness (QED) is 0.612. The molecule has 8 heteroatoms. The minimum absolute atomic E-state index is 0.0832. The SMILES string of the molecule is COc1ccc(CNC(=O)CCCCS(=O)(=O)N2CCCCC2)cc1OC. The first-order valence-electron chi connectivity index (χ1n) is 9.41. The maximum absolute atomic E-state index is 12.3. The van der Waals surface area contributed by atoms with Crippen molar-refractivity contribution in [2.75, 3.05) is 33.1 Å². The molecule has 1 heterocycles. The van der Waals surface area contributed by atoms with Crippen LogP contribution in [0.4, 0.5) is 0 Å². The summed E-state index contributed by atoms with van der Waals surface area (Å²) in [6.45, 7) is 1.66. The van der Waals surface area contributed by atoms with Gasteiger partial charge in [-0.3, -0.25) is 4.79 Å². The second-order valence-electron chi connectivity index (χ2n) is 6.70. The normalized spacial score (nSPS) is 15.3. The standard InChI is InChI=1S/C19H30N2O5S/c1-25-17-10-9-16(14-18(17)26-2)15-20-19(22)8-4-7-13-27(23,24)21-11-5-3-6-12-21/h9-10,14H,3-8,11-13,15H2,1-2H3,(H,20,22). The van der Waals surface area contributed by atoms with Crippen LogP contribution in [-0.4, -0.2) is 51.7 Å². The third-order valence-corrected chi connectivity index (χ3v) is 6.66. The number of nitrogens with one attached hydrogen (secondary N) is 1. The largest absolute Gasteiger partial charge is 0.493 e. The predicted octanol–water partition coefficient (Wildman–Crippen LogP) is 2.31. The molecule has 0 aromatic heterocycles. The number of carbonyl (C=O) groups excluding carboxylic acids is 1. The number of nitrogens with zero attached hydrogens (tertiary/aromatic N) is 1. The van der Waals surface area contributed by atoms with E-state index in [2.05, 4.69) is 5.32 Å². The first-order chi connectivity index (χ1) is 13.0. The van der Waals surface area contributed by atoms with Gasteiger partial charge >= 0.3 is 0 Å². The number of hydrogen-bond donors (Lipinski definition) is 1. The molecule has 1 aromatic carbocycles. The first kappa shape index (κ1) is 21.5. The average molecular weight is 399 g/mol. The van der Waals surface area contributed by atoms with E-state index in [1.165, 1.54) is 0 Å². The number of hydrogen-bond acceptors (Lipinski definition) is 5. The summed E-state index contributed by atoms with van der Waals surface area (Å²) >= 11 is 0. The third-order valence-electron chi connectivity index (χ3n) is 4.70. The van der Waals surface area contributed by atoms with Gasteiger partial charge in [0.2, 0.25) is 15.9 Å². The van der Waals surface area contributed by atoms with Crippen LogP contribution in [0.2, 0.25) is 0 Å². The molecular weight excluding hydrogens is 368 g/mol. The Morgan fingerprint density at radius 1 is 1.07 bits per heavy atom. The van der Waals surface area contributed by atoms with Gasteiger partial charge in [0.25, 0.3) is 0 Å². The van der Waals surface area contributed by atoms with E-state index in [-0.39, 0.29) is 11.7 Å². The smallest absolute Gasteiger partial charge is 0.220 e. The number of ether oxygens (including phenoxy) is 2. The van der Waals surface area contributed by atoms with E-state index < -0.39 is 10.0 Å². The third kappa shape index (κ3) is 6.70. The van der Waals surface area contributed by atoms with Crippen LogP contribution >= 0.6 is 0 Å². The summed E-state index contributed by atoms with van der Waals surface area (Å²) in [5.74, 6) is 1.30. The average Bonchev–Trinajstić information content (AvgIpc) is 2.70. The van der Waals surface area contributed by atoms with Crippen LogP contribution in [0.15, 0.2) is 18.2 Å². The summed E-state index contributed by atoms with van der Waals surface area (Å²) in [4.78, 5) is 12.0. The fraction of sp³-hybridized carbons (Fsp3) is 0.632. The number of rotatable bonds is 10. The number of methoxy groups -OCH3 is 2. The van der Waals surface area contributed by atoms with Crippen molar-refractivity contribution in [2.45, 2.75) is 45.1 Å². The molecule has 0 spiro atoms. The molecule has 1 saturated heterocycles. The molecule has 0 unspecified atom stereocenters. The fourth-order valence-electron chi connectivity index (χ4n) is 3.12. The second-order valence-corrected chi connectivity index (χ2v) is 8.79. The minimum atomic E-state index is -3.18. The zero-order chi connectivity index (χ0) is 19.7. The lowest BCUT2D eigenvalue weighted by atomic mass is 10.2. The monoisotopic (exact) mass is 398 g/mol. The van der Waals surface area contributed by atoms with Gasteiger partial charge in [-0.25, -0.2) is 12.7 Å². The Morgan fingerprint density at radius 2 is 1.78 bits per heavy atom. The Kier molecular flexibility index (Phi) is 8.37. The van der Waals surface area contributed by atoms with Gasteiger partial charge in [0.1, 0.15) is 0 Å². The Bertz CT molecular complexity index is 715. The minimum Gasteiger partial charge on any atom is -0.493 e. The Labute approximate surface area is 162 Å². The molecule has 0 aliphatic carbocycles. The van der Waals surface area contributed by atoms with E-state index >= 15 is 0 Å². The van der Waals surface area contributed by atoms with Crippen molar-refractivity contribution in [2.24, 2.45) is 0 Å². The van der Waals surface area contributed by atoms with Crippen LogP contribution < -0.4 is 14.8 Å². The Balaban J connectivity index is 1.69. The Morgan fingerprint density at radius 3 is 2.44 bits per heavy atom. The number of sulfonamides is 1. The zero-order valence-corrected chi connectivity index (χ0v) is 17.0. The highest BCUT2D eigenvalue weighted by Crippen LogP contribution is 2.27. The van der Waals surface area contributed by atoms with Gasteiger partial charge in [0.15, 0.2) is 11.5 Å². The molecule has 1 N–H and O–H groups in total. The molecule has 1 aliphatic heterocycles. The van der Waals surface area contributed by atoms with Crippen LogP contribution in [0.3, 0.4) is 0 Å². The van der Waals surface area contributed by atoms with E-state index in [9.17, 15) is 13.2 Å². The highest BCUT2D eigenvalue weighted by atomic mass is 32.2. The topological polar surface area (TPSA) is 84.9 Å². The summed E-state index contributed by atoms with van der Waals surface area (Å²) in [6.07, 6.45) is 4.37. The number of carbonyl (C=O) groups is 1. The molecule has 0 radical (unpaired) electrons. The van der Waals surface area contributed by atoms with Crippen LogP contribution in [0.25, 0.3) is 0 Å². The lowest BCUT2D eigenvalue weighted by molar-refractivity contribution is -0.121. The van der Waals surface area contributed by atoms with E-state index in [0.29, 0.717) is 50.4 Å². The van der Waals surface area contributed by atoms with Gasteiger partial charge in [0.05, 0.1) is 20.0 Å². The van der Waals surface area contributed by atoms with Crippen molar-refractivity contribution in [3.8, 4) is 11.5 Å². The van der Waals surface area contributed by atoms with E-state index in [4.69, 9.17) is 9.47 Å². The summed E-state index contributed by atoms with van der Waals surface area (Å²) in [5.41, 5.74) is 0.911. The van der Waals surface area contributed by atoms with Gasteiger partial charge in [-0.1, -0.05) is 12.5 Å². The summed E-state index contributed by atoms with van der Waals surface area (Å²) in [7, 11) is -0.0332. The van der Waals surface area contributed by atoms with Gasteiger partial charge in [-0.15, -0.1) is 0 Å². The fourth-order valence-corrected chi connectivity index (χ4v) is 4.76. The van der Waals surface area contributed by atoms with Crippen molar-refractivity contribution in [3.05, 3.63) is 23.8 Å². The molecule has 1 aromatic rings. The van der Waals surface area contributed by atoms with Gasteiger partial charge in [-0.2, -0.15) is 0 Å². The maximum Gasteiger partial charge on any atom is 0.220 e. The van der Waals surface area contributed by atoms with Gasteiger partial charge < -0.3 is 14.8 Å². The molecule has 1 aliphatic rings. The summed E-state index contributed by atoms with van der Waals surface area (Å²) in [5, 5.41) is 2.85. The molecule has 152 valence electrons. The number of amides is 1. The van der Waals surface area contributed by atoms with Crippen LogP contribution in [-0.2, 0) is 21.4 Å². The zero-order valence-electron chi connectivity index (χ0n) is 16.2.